The molecule has 6 nitrogen and oxygen atoms in total. The molecule has 4 N–H and O–H groups in total. The fourth-order valence-corrected chi connectivity index (χ4v) is 5.51. The van der Waals surface area contributed by atoms with Crippen LogP contribution in [0.25, 0.3) is 0 Å². The average Bonchev–Trinajstić information content (AvgIpc) is 3.22. The van der Waals surface area contributed by atoms with Gasteiger partial charge in [0, 0.05) is 29.2 Å². The fourth-order valence-electron chi connectivity index (χ4n) is 3.92. The first-order valence-corrected chi connectivity index (χ1v) is 11.7. The molecule has 2 aliphatic rings. The number of nitrogens with one attached hydrogen (secondary N) is 2. The highest BCUT2D eigenvalue weighted by Gasteiger charge is 2.37. The highest BCUT2D eigenvalue weighted by molar-refractivity contribution is 14.1. The first-order chi connectivity index (χ1) is 14.1. The lowest BCUT2D eigenvalue weighted by molar-refractivity contribution is 0.0790. The first kappa shape index (κ1) is 24.2. The van der Waals surface area contributed by atoms with Gasteiger partial charge >= 0.3 is 0 Å². The molecule has 3 heterocycles. The molecule has 10 heteroatoms. The number of hydrogen-bond acceptors (Lipinski definition) is 5. The van der Waals surface area contributed by atoms with Crippen LogP contribution >= 0.6 is 46.3 Å². The largest absolute Gasteiger partial charge is 0.351 e. The monoisotopic (exact) mass is 578 g/mol. The molecule has 1 fully saturated rings. The Balaban J connectivity index is 0.00000272. The number of halogens is 3. The van der Waals surface area contributed by atoms with Crippen molar-refractivity contribution in [1.29, 1.82) is 0 Å². The number of rotatable bonds is 3. The van der Waals surface area contributed by atoms with Gasteiger partial charge in [0.05, 0.1) is 16.1 Å². The van der Waals surface area contributed by atoms with Gasteiger partial charge in [-0.2, -0.15) is 0 Å². The smallest absolute Gasteiger partial charge is 0.261 e. The van der Waals surface area contributed by atoms with E-state index in [2.05, 4.69) is 24.5 Å². The third-order valence-corrected chi connectivity index (χ3v) is 7.32. The normalized spacial score (nSPS) is 19.8. The number of fused-ring (bicyclic) bond motifs is 1. The Bertz CT molecular complexity index is 1030. The molecule has 168 valence electrons. The number of nitrogens with zero attached hydrogens (tertiary/aromatic N) is 1. The molecule has 0 unspecified atom stereocenters. The van der Waals surface area contributed by atoms with Crippen LogP contribution in [0.15, 0.2) is 18.2 Å². The second kappa shape index (κ2) is 9.21. The molecule has 0 radical (unpaired) electrons. The molecule has 1 aromatic heterocycles. The zero-order valence-electron chi connectivity index (χ0n) is 17.3. The molecule has 1 atom stereocenters. The van der Waals surface area contributed by atoms with E-state index in [1.807, 2.05) is 22.6 Å². The maximum absolute atomic E-state index is 14.5. The number of amides is 2. The molecule has 1 aromatic carbocycles. The summed E-state index contributed by atoms with van der Waals surface area (Å²) in [4.78, 5) is 28.5. The predicted octanol–water partition coefficient (Wildman–Crippen LogP) is 4.14. The third kappa shape index (κ3) is 4.99. The lowest BCUT2D eigenvalue weighted by Crippen LogP contribution is -2.33. The lowest BCUT2D eigenvalue weighted by atomic mass is 9.85. The Kier molecular flexibility index (Phi) is 7.19. The van der Waals surface area contributed by atoms with Gasteiger partial charge < -0.3 is 21.3 Å². The van der Waals surface area contributed by atoms with E-state index in [1.54, 1.807) is 17.0 Å². The van der Waals surface area contributed by atoms with Gasteiger partial charge in [0.1, 0.15) is 10.8 Å². The number of carbonyl (C=O) groups excluding carboxylic acids is 2. The number of carbonyl (C=O) groups is 2. The maximum atomic E-state index is 14.5. The number of hydrogen-bond donors (Lipinski definition) is 3. The van der Waals surface area contributed by atoms with Crippen molar-refractivity contribution in [2.24, 2.45) is 11.1 Å². The summed E-state index contributed by atoms with van der Waals surface area (Å²) >= 11 is 3.26. The summed E-state index contributed by atoms with van der Waals surface area (Å²) in [7, 11) is 0. The number of anilines is 2. The Hall–Kier alpha value is -1.43. The van der Waals surface area contributed by atoms with Crippen molar-refractivity contribution < 1.29 is 14.0 Å². The van der Waals surface area contributed by atoms with Gasteiger partial charge in [0.2, 0.25) is 0 Å². The molecule has 2 amide bonds. The van der Waals surface area contributed by atoms with Gasteiger partial charge in [-0.1, -0.05) is 13.8 Å². The maximum Gasteiger partial charge on any atom is 0.261 e. The summed E-state index contributed by atoms with van der Waals surface area (Å²) in [6, 6.07) is 4.82. The molecule has 4 rings (SSSR count). The Labute approximate surface area is 204 Å². The summed E-state index contributed by atoms with van der Waals surface area (Å²) in [5.41, 5.74) is 7.29. The van der Waals surface area contributed by atoms with Crippen LogP contribution in [0.5, 0.6) is 0 Å². The lowest BCUT2D eigenvalue weighted by Gasteiger charge is -2.24. The molecule has 0 aliphatic carbocycles. The van der Waals surface area contributed by atoms with Crippen LogP contribution in [-0.2, 0) is 6.42 Å². The standard InChI is InChI=1S/C21H24FIN4O2S.ClH/c1-21(2)8-13-16(20(29)27-6-5-12(24)9-27)19(30-17(13)18(28)25-10-21)26-15-4-3-11(23)7-14(15)22;/h3-4,7,12,26H,5-6,8-10,24H2,1-2H3,(H,25,28);1H/t12-;/m1./s1. The van der Waals surface area contributed by atoms with Crippen LogP contribution in [0.4, 0.5) is 15.1 Å². The van der Waals surface area contributed by atoms with E-state index < -0.39 is 5.82 Å². The third-order valence-electron chi connectivity index (χ3n) is 5.50. The van der Waals surface area contributed by atoms with Gasteiger partial charge in [0.25, 0.3) is 11.8 Å². The van der Waals surface area contributed by atoms with Crippen LogP contribution in [0.3, 0.4) is 0 Å². The van der Waals surface area contributed by atoms with Crippen molar-refractivity contribution in [2.45, 2.75) is 32.7 Å². The van der Waals surface area contributed by atoms with Gasteiger partial charge in [-0.05, 0) is 64.6 Å². The van der Waals surface area contributed by atoms with Crippen molar-refractivity contribution in [3.05, 3.63) is 43.6 Å². The average molecular weight is 579 g/mol. The van der Waals surface area contributed by atoms with Crippen LogP contribution in [0.1, 0.15) is 45.9 Å². The topological polar surface area (TPSA) is 87.5 Å². The molecule has 1 saturated heterocycles. The summed E-state index contributed by atoms with van der Waals surface area (Å²) in [6.45, 7) is 5.72. The molecule has 0 saturated carbocycles. The SMILES string of the molecule is CC1(C)CNC(=O)c2sc(Nc3ccc(I)cc3F)c(C(=O)N3CC[C@@H](N)C3)c2C1.Cl. The number of benzene rings is 1. The Morgan fingerprint density at radius 2 is 2.16 bits per heavy atom. The van der Waals surface area contributed by atoms with Gasteiger partial charge in [-0.25, -0.2) is 4.39 Å². The quantitative estimate of drug-likeness (QED) is 0.478. The van der Waals surface area contributed by atoms with Gasteiger partial charge in [-0.15, -0.1) is 23.7 Å². The minimum Gasteiger partial charge on any atom is -0.351 e. The van der Waals surface area contributed by atoms with Crippen LogP contribution in [0, 0.1) is 14.8 Å². The second-order valence-electron chi connectivity index (χ2n) is 8.69. The van der Waals surface area contributed by atoms with Crippen molar-refractivity contribution in [3.8, 4) is 0 Å². The summed E-state index contributed by atoms with van der Waals surface area (Å²) in [5, 5.41) is 6.54. The molecule has 2 aromatic rings. The first-order valence-electron chi connectivity index (χ1n) is 9.85. The van der Waals surface area contributed by atoms with Crippen LogP contribution < -0.4 is 16.4 Å². The second-order valence-corrected chi connectivity index (χ2v) is 11.0. The minimum absolute atomic E-state index is 0. The highest BCUT2D eigenvalue weighted by atomic mass is 127. The summed E-state index contributed by atoms with van der Waals surface area (Å²) in [5.74, 6) is -0.750. The summed E-state index contributed by atoms with van der Waals surface area (Å²) in [6.07, 6.45) is 1.33. The van der Waals surface area contributed by atoms with Gasteiger partial charge in [-0.3, -0.25) is 9.59 Å². The van der Waals surface area contributed by atoms with E-state index in [9.17, 15) is 14.0 Å². The molecule has 31 heavy (non-hydrogen) atoms. The van der Waals surface area contributed by atoms with E-state index in [1.165, 1.54) is 17.4 Å². The highest BCUT2D eigenvalue weighted by Crippen LogP contribution is 2.41. The van der Waals surface area contributed by atoms with Crippen LogP contribution in [-0.4, -0.2) is 42.4 Å². The fraction of sp³-hybridized carbons (Fsp3) is 0.429. The zero-order chi connectivity index (χ0) is 21.6. The van der Waals surface area contributed by atoms with E-state index in [-0.39, 0.29) is 41.4 Å². The van der Waals surface area contributed by atoms with E-state index >= 15 is 0 Å². The molecule has 2 aliphatic heterocycles. The van der Waals surface area contributed by atoms with E-state index in [0.717, 1.165) is 15.6 Å². The van der Waals surface area contributed by atoms with E-state index in [4.69, 9.17) is 5.73 Å². The van der Waals surface area contributed by atoms with Crippen molar-refractivity contribution in [2.75, 3.05) is 25.0 Å². The molecular weight excluding hydrogens is 554 g/mol. The van der Waals surface area contributed by atoms with Crippen molar-refractivity contribution in [1.82, 2.24) is 10.2 Å². The molecule has 0 bridgehead atoms. The summed E-state index contributed by atoms with van der Waals surface area (Å²) < 4.78 is 15.3. The number of likely N-dealkylation sites (tertiary alicyclic amines) is 1. The molecular formula is C21H25ClFIN4O2S. The molecule has 0 spiro atoms. The predicted molar refractivity (Wildman–Crippen MR) is 132 cm³/mol. The zero-order valence-corrected chi connectivity index (χ0v) is 21.0. The van der Waals surface area contributed by atoms with Crippen molar-refractivity contribution >= 4 is 68.8 Å². The van der Waals surface area contributed by atoms with Crippen LogP contribution in [0.2, 0.25) is 0 Å². The minimum atomic E-state index is -0.406. The Morgan fingerprint density at radius 1 is 1.42 bits per heavy atom. The number of thiophene rings is 1. The van der Waals surface area contributed by atoms with Crippen molar-refractivity contribution in [3.63, 3.8) is 0 Å². The number of nitrogens with two attached hydrogens (primary N) is 1. The van der Waals surface area contributed by atoms with E-state index in [0.29, 0.717) is 41.5 Å². The van der Waals surface area contributed by atoms with Gasteiger partial charge in [0.15, 0.2) is 0 Å². The Morgan fingerprint density at radius 3 is 2.81 bits per heavy atom.